The van der Waals surface area contributed by atoms with Crippen molar-refractivity contribution in [3.63, 3.8) is 0 Å². The molecule has 0 saturated carbocycles. The monoisotopic (exact) mass is 579 g/mol. The lowest BCUT2D eigenvalue weighted by molar-refractivity contribution is -0.142. The quantitative estimate of drug-likeness (QED) is 0.269. The van der Waals surface area contributed by atoms with Crippen molar-refractivity contribution in [1.82, 2.24) is 9.66 Å². The minimum absolute atomic E-state index is 0.275. The smallest absolute Gasteiger partial charge is 0.343 e. The van der Waals surface area contributed by atoms with E-state index in [4.69, 9.17) is 9.47 Å². The molecule has 0 amide bonds. The molecule has 2 aromatic carbocycles. The van der Waals surface area contributed by atoms with Crippen LogP contribution in [0.3, 0.4) is 0 Å². The first kappa shape index (κ1) is 24.9. The van der Waals surface area contributed by atoms with Crippen LogP contribution in [0.25, 0.3) is 10.9 Å². The summed E-state index contributed by atoms with van der Waals surface area (Å²) in [4.78, 5) is 29.5. The summed E-state index contributed by atoms with van der Waals surface area (Å²) in [5.41, 5.74) is 0.849. The molecule has 0 spiro atoms. The number of aryl methyl sites for hydroxylation is 1. The van der Waals surface area contributed by atoms with E-state index in [9.17, 15) is 9.59 Å². The third-order valence-corrected chi connectivity index (χ3v) is 5.72. The zero-order chi connectivity index (χ0) is 24.0. The van der Waals surface area contributed by atoms with Gasteiger partial charge in [-0.3, -0.25) is 4.79 Å². The van der Waals surface area contributed by atoms with E-state index in [1.807, 2.05) is 12.1 Å². The van der Waals surface area contributed by atoms with Crippen molar-refractivity contribution in [1.29, 1.82) is 0 Å². The van der Waals surface area contributed by atoms with E-state index in [1.165, 1.54) is 25.1 Å². The molecule has 33 heavy (non-hydrogen) atoms. The number of hydrogen-bond donors (Lipinski definition) is 0. The van der Waals surface area contributed by atoms with E-state index in [0.717, 1.165) is 17.3 Å². The van der Waals surface area contributed by atoms with Gasteiger partial charge in [-0.15, -0.1) is 0 Å². The van der Waals surface area contributed by atoms with E-state index in [-0.39, 0.29) is 12.2 Å². The second kappa shape index (κ2) is 11.4. The molecule has 0 aliphatic carbocycles. The van der Waals surface area contributed by atoms with Crippen LogP contribution in [0, 0.1) is 0 Å². The average Bonchev–Trinajstić information content (AvgIpc) is 2.81. The topological polar surface area (TPSA) is 92.0 Å². The van der Waals surface area contributed by atoms with E-state index in [2.05, 4.69) is 53.6 Å². The summed E-state index contributed by atoms with van der Waals surface area (Å²) in [5, 5.41) is 4.92. The van der Waals surface area contributed by atoms with E-state index < -0.39 is 5.97 Å². The van der Waals surface area contributed by atoms with Crippen molar-refractivity contribution >= 4 is 54.9 Å². The lowest BCUT2D eigenvalue weighted by Gasteiger charge is -2.14. The Bertz CT molecular complexity index is 1260. The van der Waals surface area contributed by atoms with Crippen molar-refractivity contribution in [2.24, 2.45) is 5.10 Å². The van der Waals surface area contributed by atoms with Gasteiger partial charge in [0.1, 0.15) is 5.82 Å². The van der Waals surface area contributed by atoms with Crippen LogP contribution in [0.15, 0.2) is 49.2 Å². The molecular weight excluding hydrogens is 558 g/mol. The van der Waals surface area contributed by atoms with Crippen molar-refractivity contribution < 1.29 is 19.0 Å². The van der Waals surface area contributed by atoms with Gasteiger partial charge in [-0.25, -0.2) is 9.78 Å². The minimum atomic E-state index is -0.537. The highest BCUT2D eigenvalue weighted by atomic mass is 79.9. The number of carbonyl (C=O) groups is 1. The lowest BCUT2D eigenvalue weighted by atomic mass is 10.2. The summed E-state index contributed by atoms with van der Waals surface area (Å²) in [6.07, 6.45) is 3.90. The molecule has 10 heteroatoms. The highest BCUT2D eigenvalue weighted by molar-refractivity contribution is 9.10. The highest BCUT2D eigenvalue weighted by Gasteiger charge is 2.15. The van der Waals surface area contributed by atoms with Crippen molar-refractivity contribution in [2.45, 2.75) is 26.2 Å². The standard InChI is InChI=1S/C23H23Br2N3O5/c1-4-5-6-20-27-18-8-7-15(24)10-17(18)23(30)28(20)26-12-14-9-16(25)11-19(31-2)22(14)33-13-21(29)32-3/h7-12H,4-6,13H2,1-3H3. The Labute approximate surface area is 207 Å². The first-order chi connectivity index (χ1) is 15.9. The second-order valence-corrected chi connectivity index (χ2v) is 8.88. The number of benzene rings is 2. The van der Waals surface area contributed by atoms with Gasteiger partial charge in [0, 0.05) is 20.9 Å². The largest absolute Gasteiger partial charge is 0.493 e. The van der Waals surface area contributed by atoms with E-state index in [0.29, 0.717) is 44.7 Å². The summed E-state index contributed by atoms with van der Waals surface area (Å²) in [6, 6.07) is 8.85. The van der Waals surface area contributed by atoms with Crippen LogP contribution in [0.5, 0.6) is 11.5 Å². The molecule has 0 fully saturated rings. The molecule has 3 rings (SSSR count). The Morgan fingerprint density at radius 2 is 1.97 bits per heavy atom. The van der Waals surface area contributed by atoms with Crippen LogP contribution in [-0.4, -0.2) is 42.7 Å². The van der Waals surface area contributed by atoms with E-state index in [1.54, 1.807) is 18.2 Å². The number of esters is 1. The average molecular weight is 581 g/mol. The number of nitrogens with zero attached hydrogens (tertiary/aromatic N) is 3. The third kappa shape index (κ3) is 6.00. The first-order valence-electron chi connectivity index (χ1n) is 10.2. The fraction of sp³-hybridized carbons (Fsp3) is 0.304. The van der Waals surface area contributed by atoms with Gasteiger partial charge in [-0.2, -0.15) is 9.78 Å². The molecule has 0 aliphatic heterocycles. The molecule has 0 saturated heterocycles. The van der Waals surface area contributed by atoms with Crippen LogP contribution in [-0.2, 0) is 16.0 Å². The van der Waals surface area contributed by atoms with Crippen molar-refractivity contribution in [2.75, 3.05) is 20.8 Å². The maximum absolute atomic E-state index is 13.3. The van der Waals surface area contributed by atoms with Gasteiger partial charge in [-0.1, -0.05) is 45.2 Å². The highest BCUT2D eigenvalue weighted by Crippen LogP contribution is 2.34. The Morgan fingerprint density at radius 1 is 1.18 bits per heavy atom. The molecule has 3 aromatic rings. The van der Waals surface area contributed by atoms with Gasteiger partial charge in [0.05, 0.1) is 31.3 Å². The molecule has 8 nitrogen and oxygen atoms in total. The minimum Gasteiger partial charge on any atom is -0.493 e. The van der Waals surface area contributed by atoms with Crippen LogP contribution in [0.1, 0.15) is 31.2 Å². The SMILES string of the molecule is CCCCc1nc2ccc(Br)cc2c(=O)n1N=Cc1cc(Br)cc(OC)c1OCC(=O)OC. The van der Waals surface area contributed by atoms with Crippen LogP contribution < -0.4 is 15.0 Å². The summed E-state index contributed by atoms with van der Waals surface area (Å²) in [6.45, 7) is 1.77. The maximum atomic E-state index is 13.3. The number of halogens is 2. The Balaban J connectivity index is 2.12. The number of aromatic nitrogens is 2. The normalized spacial score (nSPS) is 11.2. The Hall–Kier alpha value is -2.72. The number of unbranched alkanes of at least 4 members (excludes halogenated alkanes) is 1. The summed E-state index contributed by atoms with van der Waals surface area (Å²) < 4.78 is 18.5. The molecule has 0 unspecified atom stereocenters. The number of methoxy groups -OCH3 is 2. The number of ether oxygens (including phenoxy) is 3. The fourth-order valence-electron chi connectivity index (χ4n) is 3.11. The van der Waals surface area contributed by atoms with Gasteiger partial charge < -0.3 is 14.2 Å². The first-order valence-corrected chi connectivity index (χ1v) is 11.8. The summed E-state index contributed by atoms with van der Waals surface area (Å²) in [5.74, 6) is 0.723. The number of carbonyl (C=O) groups excluding carboxylic acids is 1. The molecule has 1 aromatic heterocycles. The predicted octanol–water partition coefficient (Wildman–Crippen LogP) is 4.71. The number of hydrogen-bond acceptors (Lipinski definition) is 7. The van der Waals surface area contributed by atoms with Crippen LogP contribution in [0.2, 0.25) is 0 Å². The van der Waals surface area contributed by atoms with Gasteiger partial charge in [0.15, 0.2) is 18.1 Å². The number of rotatable bonds is 9. The van der Waals surface area contributed by atoms with Crippen molar-refractivity contribution in [3.05, 3.63) is 61.0 Å². The molecule has 0 bridgehead atoms. The fourth-order valence-corrected chi connectivity index (χ4v) is 3.93. The maximum Gasteiger partial charge on any atom is 0.343 e. The third-order valence-electron chi connectivity index (χ3n) is 4.77. The van der Waals surface area contributed by atoms with Gasteiger partial charge >= 0.3 is 5.97 Å². The molecule has 0 radical (unpaired) electrons. The molecule has 174 valence electrons. The summed E-state index contributed by atoms with van der Waals surface area (Å²) >= 11 is 6.84. The van der Waals surface area contributed by atoms with E-state index >= 15 is 0 Å². The van der Waals surface area contributed by atoms with Crippen molar-refractivity contribution in [3.8, 4) is 11.5 Å². The summed E-state index contributed by atoms with van der Waals surface area (Å²) in [7, 11) is 2.77. The Morgan fingerprint density at radius 3 is 2.67 bits per heavy atom. The molecule has 0 aliphatic rings. The molecular formula is C23H23Br2N3O5. The van der Waals surface area contributed by atoms with Gasteiger partial charge in [0.25, 0.3) is 5.56 Å². The molecule has 1 heterocycles. The second-order valence-electron chi connectivity index (χ2n) is 7.05. The Kier molecular flexibility index (Phi) is 8.62. The van der Waals surface area contributed by atoms with Gasteiger partial charge in [0.2, 0.25) is 0 Å². The molecule has 0 N–H and O–H groups in total. The van der Waals surface area contributed by atoms with Gasteiger partial charge in [-0.05, 0) is 36.8 Å². The predicted molar refractivity (Wildman–Crippen MR) is 134 cm³/mol. The van der Waals surface area contributed by atoms with Crippen LogP contribution >= 0.6 is 31.9 Å². The zero-order valence-electron chi connectivity index (χ0n) is 18.4. The molecule has 0 atom stereocenters. The lowest BCUT2D eigenvalue weighted by Crippen LogP contribution is -2.22. The number of fused-ring (bicyclic) bond motifs is 1. The zero-order valence-corrected chi connectivity index (χ0v) is 21.6. The van der Waals surface area contributed by atoms with Crippen LogP contribution in [0.4, 0.5) is 0 Å².